The summed E-state index contributed by atoms with van der Waals surface area (Å²) in [5.41, 5.74) is 2.46. The van der Waals surface area contributed by atoms with E-state index < -0.39 is 0 Å². The standard InChI is InChI=1S/C27H29FN2O3S/c1-18(2)16-29(27(32)20-6-10-22(33-3)11-7-20)17-25(31)30-14-12-24-23(13-15-34-24)26(30)19-4-8-21(28)9-5-19/h4-11,13,15,18,26H,12,14,16-17H2,1-3H3. The fourth-order valence-corrected chi connectivity index (χ4v) is 5.32. The number of halogens is 1. The number of hydrogen-bond acceptors (Lipinski definition) is 4. The van der Waals surface area contributed by atoms with Crippen molar-refractivity contribution in [1.29, 1.82) is 0 Å². The lowest BCUT2D eigenvalue weighted by molar-refractivity contribution is -0.134. The Morgan fingerprint density at radius 2 is 1.82 bits per heavy atom. The minimum atomic E-state index is -0.309. The van der Waals surface area contributed by atoms with Gasteiger partial charge in [-0.05, 0) is 71.3 Å². The molecule has 2 aromatic carbocycles. The van der Waals surface area contributed by atoms with Gasteiger partial charge in [-0.15, -0.1) is 11.3 Å². The van der Waals surface area contributed by atoms with Gasteiger partial charge in [-0.3, -0.25) is 9.59 Å². The van der Waals surface area contributed by atoms with Crippen LogP contribution in [-0.2, 0) is 11.2 Å². The van der Waals surface area contributed by atoms with Crippen LogP contribution in [0.25, 0.3) is 0 Å². The first-order valence-corrected chi connectivity index (χ1v) is 12.3. The monoisotopic (exact) mass is 480 g/mol. The lowest BCUT2D eigenvalue weighted by Crippen LogP contribution is -2.47. The van der Waals surface area contributed by atoms with E-state index >= 15 is 0 Å². The normalized spacial score (nSPS) is 15.2. The number of amides is 2. The van der Waals surface area contributed by atoms with Gasteiger partial charge in [0.05, 0.1) is 13.2 Å². The Kier molecular flexibility index (Phi) is 7.32. The van der Waals surface area contributed by atoms with Crippen LogP contribution in [-0.4, -0.2) is 48.4 Å². The minimum Gasteiger partial charge on any atom is -0.497 e. The zero-order chi connectivity index (χ0) is 24.2. The molecule has 1 aromatic heterocycles. The van der Waals surface area contributed by atoms with E-state index in [9.17, 15) is 14.0 Å². The smallest absolute Gasteiger partial charge is 0.254 e. The molecule has 3 aromatic rings. The summed E-state index contributed by atoms with van der Waals surface area (Å²) in [4.78, 5) is 31.7. The first-order valence-electron chi connectivity index (χ1n) is 11.4. The van der Waals surface area contributed by atoms with Crippen LogP contribution >= 0.6 is 11.3 Å². The first kappa shape index (κ1) is 24.0. The molecule has 4 rings (SSSR count). The van der Waals surface area contributed by atoms with Crippen LogP contribution in [0.1, 0.15) is 46.3 Å². The van der Waals surface area contributed by atoms with E-state index in [1.54, 1.807) is 59.7 Å². The molecule has 5 nitrogen and oxygen atoms in total. The predicted molar refractivity (Wildman–Crippen MR) is 132 cm³/mol. The van der Waals surface area contributed by atoms with Crippen molar-refractivity contribution in [1.82, 2.24) is 9.80 Å². The van der Waals surface area contributed by atoms with Gasteiger partial charge in [-0.1, -0.05) is 26.0 Å². The van der Waals surface area contributed by atoms with Gasteiger partial charge in [0, 0.05) is 23.5 Å². The van der Waals surface area contributed by atoms with Gasteiger partial charge in [0.25, 0.3) is 5.91 Å². The number of hydrogen-bond donors (Lipinski definition) is 0. The molecule has 0 N–H and O–H groups in total. The number of benzene rings is 2. The lowest BCUT2D eigenvalue weighted by atomic mass is 9.93. The SMILES string of the molecule is COc1ccc(C(=O)N(CC(=O)N2CCc3sccc3C2c2ccc(F)cc2)CC(C)C)cc1. The van der Waals surface area contributed by atoms with Gasteiger partial charge in [0.15, 0.2) is 0 Å². The van der Waals surface area contributed by atoms with E-state index in [2.05, 4.69) is 0 Å². The molecular weight excluding hydrogens is 451 g/mol. The van der Waals surface area contributed by atoms with Crippen molar-refractivity contribution >= 4 is 23.2 Å². The molecule has 1 aliphatic rings. The van der Waals surface area contributed by atoms with Crippen molar-refractivity contribution in [3.8, 4) is 5.75 Å². The Labute approximate surface area is 203 Å². The molecule has 34 heavy (non-hydrogen) atoms. The topological polar surface area (TPSA) is 49.9 Å². The maximum absolute atomic E-state index is 13.6. The summed E-state index contributed by atoms with van der Waals surface area (Å²) in [5.74, 6) is 0.263. The first-order chi connectivity index (χ1) is 16.4. The lowest BCUT2D eigenvalue weighted by Gasteiger charge is -2.38. The number of thiophene rings is 1. The maximum atomic E-state index is 13.6. The fraction of sp³-hybridized carbons (Fsp3) is 0.333. The Morgan fingerprint density at radius 3 is 2.47 bits per heavy atom. The molecular formula is C27H29FN2O3S. The maximum Gasteiger partial charge on any atom is 0.254 e. The van der Waals surface area contributed by atoms with Crippen LogP contribution < -0.4 is 4.74 Å². The minimum absolute atomic E-state index is 0.0137. The highest BCUT2D eigenvalue weighted by atomic mass is 32.1. The summed E-state index contributed by atoms with van der Waals surface area (Å²) in [6.07, 6.45) is 0.771. The van der Waals surface area contributed by atoms with Crippen LogP contribution in [0.5, 0.6) is 5.75 Å². The van der Waals surface area contributed by atoms with Crippen molar-refractivity contribution in [2.75, 3.05) is 26.7 Å². The van der Waals surface area contributed by atoms with Gasteiger partial charge >= 0.3 is 0 Å². The summed E-state index contributed by atoms with van der Waals surface area (Å²) >= 11 is 1.68. The van der Waals surface area contributed by atoms with Crippen molar-refractivity contribution in [3.05, 3.63) is 87.4 Å². The molecule has 0 spiro atoms. The third-order valence-corrected chi connectivity index (χ3v) is 7.00. The molecule has 0 radical (unpaired) electrons. The molecule has 1 unspecified atom stereocenters. The van der Waals surface area contributed by atoms with Crippen LogP contribution in [0.15, 0.2) is 60.0 Å². The summed E-state index contributed by atoms with van der Waals surface area (Å²) in [6.45, 7) is 5.06. The number of carbonyl (C=O) groups excluding carboxylic acids is 2. The average molecular weight is 481 g/mol. The highest BCUT2D eigenvalue weighted by Gasteiger charge is 2.34. The van der Waals surface area contributed by atoms with Crippen molar-refractivity contribution in [2.45, 2.75) is 26.3 Å². The van der Waals surface area contributed by atoms with Crippen LogP contribution in [0, 0.1) is 11.7 Å². The predicted octanol–water partition coefficient (Wildman–Crippen LogP) is 5.17. The highest BCUT2D eigenvalue weighted by molar-refractivity contribution is 7.10. The van der Waals surface area contributed by atoms with E-state index in [1.165, 1.54) is 17.0 Å². The van der Waals surface area contributed by atoms with Gasteiger partial charge in [-0.2, -0.15) is 0 Å². The summed E-state index contributed by atoms with van der Waals surface area (Å²) < 4.78 is 18.8. The zero-order valence-electron chi connectivity index (χ0n) is 19.7. The fourth-order valence-electron chi connectivity index (χ4n) is 4.42. The van der Waals surface area contributed by atoms with Crippen molar-refractivity contribution in [2.24, 2.45) is 5.92 Å². The molecule has 1 aliphatic heterocycles. The van der Waals surface area contributed by atoms with E-state index in [1.807, 2.05) is 30.2 Å². The Hall–Kier alpha value is -3.19. The number of rotatable bonds is 7. The van der Waals surface area contributed by atoms with Crippen LogP contribution in [0.2, 0.25) is 0 Å². The molecule has 0 saturated heterocycles. The molecule has 0 bridgehead atoms. The van der Waals surface area contributed by atoms with Gasteiger partial charge < -0.3 is 14.5 Å². The summed E-state index contributed by atoms with van der Waals surface area (Å²) in [7, 11) is 1.58. The Morgan fingerprint density at radius 1 is 1.12 bits per heavy atom. The highest BCUT2D eigenvalue weighted by Crippen LogP contribution is 2.38. The van der Waals surface area contributed by atoms with E-state index in [4.69, 9.17) is 4.74 Å². The molecule has 178 valence electrons. The molecule has 0 fully saturated rings. The molecule has 2 amide bonds. The van der Waals surface area contributed by atoms with E-state index in [0.717, 1.165) is 17.5 Å². The van der Waals surface area contributed by atoms with Crippen molar-refractivity contribution in [3.63, 3.8) is 0 Å². The number of carbonyl (C=O) groups is 2. The Bertz CT molecular complexity index is 1140. The largest absolute Gasteiger partial charge is 0.497 e. The molecule has 0 saturated carbocycles. The third kappa shape index (κ3) is 5.14. The number of methoxy groups -OCH3 is 1. The number of fused-ring (bicyclic) bond motifs is 1. The number of nitrogens with zero attached hydrogens (tertiary/aromatic N) is 2. The second-order valence-corrected chi connectivity index (χ2v) is 9.90. The van der Waals surface area contributed by atoms with Crippen molar-refractivity contribution < 1.29 is 18.7 Å². The second kappa shape index (κ2) is 10.4. The summed E-state index contributed by atoms with van der Waals surface area (Å²) in [6, 6.07) is 15.0. The molecule has 1 atom stereocenters. The van der Waals surface area contributed by atoms with Gasteiger partial charge in [-0.25, -0.2) is 4.39 Å². The zero-order valence-corrected chi connectivity index (χ0v) is 20.5. The van der Waals surface area contributed by atoms with Crippen LogP contribution in [0.4, 0.5) is 4.39 Å². The second-order valence-electron chi connectivity index (χ2n) is 8.90. The van der Waals surface area contributed by atoms with Gasteiger partial charge in [0.2, 0.25) is 5.91 Å². The molecule has 7 heteroatoms. The van der Waals surface area contributed by atoms with Crippen LogP contribution in [0.3, 0.4) is 0 Å². The summed E-state index contributed by atoms with van der Waals surface area (Å²) in [5, 5.41) is 2.04. The average Bonchev–Trinajstić information content (AvgIpc) is 3.32. The quantitative estimate of drug-likeness (QED) is 0.469. The molecule has 0 aliphatic carbocycles. The number of ether oxygens (including phenoxy) is 1. The van der Waals surface area contributed by atoms with E-state index in [0.29, 0.717) is 24.4 Å². The third-order valence-electron chi connectivity index (χ3n) is 6.01. The molecule has 2 heterocycles. The Balaban J connectivity index is 1.60. The van der Waals surface area contributed by atoms with E-state index in [-0.39, 0.29) is 36.1 Å². The van der Waals surface area contributed by atoms with Gasteiger partial charge in [0.1, 0.15) is 18.1 Å².